The van der Waals surface area contributed by atoms with Gasteiger partial charge in [-0.1, -0.05) is 38.5 Å². The van der Waals surface area contributed by atoms with E-state index >= 15 is 0 Å². The Labute approximate surface area is 116 Å². The van der Waals surface area contributed by atoms with Crippen LogP contribution in [-0.2, 0) is 0 Å². The molecule has 3 unspecified atom stereocenters. The predicted molar refractivity (Wildman–Crippen MR) is 77.6 cm³/mol. The smallest absolute Gasteiger partial charge is 0.127 e. The van der Waals surface area contributed by atoms with E-state index in [2.05, 4.69) is 18.7 Å². The molecule has 0 aliphatic carbocycles. The van der Waals surface area contributed by atoms with Crippen molar-refractivity contribution in [2.75, 3.05) is 7.05 Å². The summed E-state index contributed by atoms with van der Waals surface area (Å²) in [6.45, 7) is 6.12. The summed E-state index contributed by atoms with van der Waals surface area (Å²) in [4.78, 5) is 2.08. The Bertz CT molecular complexity index is 383. The summed E-state index contributed by atoms with van der Waals surface area (Å²) >= 11 is 0. The van der Waals surface area contributed by atoms with Crippen LogP contribution in [0.4, 0.5) is 4.39 Å². The van der Waals surface area contributed by atoms with Crippen molar-refractivity contribution in [1.82, 2.24) is 4.90 Å². The fourth-order valence-corrected chi connectivity index (χ4v) is 2.64. The summed E-state index contributed by atoms with van der Waals surface area (Å²) in [5.74, 6) is -0.179. The van der Waals surface area contributed by atoms with E-state index in [4.69, 9.17) is 0 Å². The first-order chi connectivity index (χ1) is 9.02. The molecule has 1 rings (SSSR count). The molecular formula is C16H26FNO. The zero-order chi connectivity index (χ0) is 14.4. The molecule has 0 aliphatic rings. The lowest BCUT2D eigenvalue weighted by Crippen LogP contribution is -2.42. The molecule has 0 saturated carbocycles. The molecule has 0 aliphatic heterocycles. The van der Waals surface area contributed by atoms with Gasteiger partial charge in [-0.15, -0.1) is 0 Å². The summed E-state index contributed by atoms with van der Waals surface area (Å²) < 4.78 is 13.8. The van der Waals surface area contributed by atoms with Gasteiger partial charge in [-0.05, 0) is 32.9 Å². The lowest BCUT2D eigenvalue weighted by atomic mass is 9.98. The van der Waals surface area contributed by atoms with Crippen LogP contribution in [0.5, 0.6) is 0 Å². The molecule has 0 saturated heterocycles. The molecule has 3 heteroatoms. The van der Waals surface area contributed by atoms with Gasteiger partial charge in [0.15, 0.2) is 0 Å². The molecule has 108 valence electrons. The lowest BCUT2D eigenvalue weighted by molar-refractivity contribution is 0.0351. The number of hydrogen-bond donors (Lipinski definition) is 1. The number of aliphatic hydroxyl groups excluding tert-OH is 1. The Hall–Kier alpha value is -0.930. The van der Waals surface area contributed by atoms with Crippen LogP contribution in [0.3, 0.4) is 0 Å². The number of nitrogens with zero attached hydrogens (tertiary/aromatic N) is 1. The average molecular weight is 267 g/mol. The van der Waals surface area contributed by atoms with E-state index in [1.54, 1.807) is 6.07 Å². The minimum atomic E-state index is -0.353. The van der Waals surface area contributed by atoms with E-state index in [0.29, 0.717) is 5.56 Å². The van der Waals surface area contributed by atoms with Crippen molar-refractivity contribution in [3.8, 4) is 0 Å². The van der Waals surface area contributed by atoms with Gasteiger partial charge in [-0.25, -0.2) is 4.39 Å². The van der Waals surface area contributed by atoms with Gasteiger partial charge in [0.2, 0.25) is 0 Å². The van der Waals surface area contributed by atoms with Gasteiger partial charge < -0.3 is 5.11 Å². The van der Waals surface area contributed by atoms with E-state index < -0.39 is 0 Å². The number of aliphatic hydroxyl groups is 1. The third-order valence-electron chi connectivity index (χ3n) is 3.94. The molecule has 0 amide bonds. The maximum absolute atomic E-state index is 13.8. The molecule has 1 aromatic rings. The van der Waals surface area contributed by atoms with Gasteiger partial charge in [0.05, 0.1) is 6.10 Å². The predicted octanol–water partition coefficient (Wildman–Crippen LogP) is 3.76. The molecule has 0 fully saturated rings. The Morgan fingerprint density at radius 2 is 1.89 bits per heavy atom. The topological polar surface area (TPSA) is 23.5 Å². The minimum Gasteiger partial charge on any atom is -0.391 e. The standard InChI is InChI=1S/C16H26FNO/c1-5-9-16(19)15(6-2)18(4)12(3)13-10-7-8-11-14(13)17/h7-8,10-12,15-16,19H,5-6,9H2,1-4H3. The van der Waals surface area contributed by atoms with Crippen LogP contribution in [0.25, 0.3) is 0 Å². The molecule has 0 spiro atoms. The van der Waals surface area contributed by atoms with E-state index in [-0.39, 0.29) is 24.0 Å². The van der Waals surface area contributed by atoms with Crippen LogP contribution in [0.15, 0.2) is 24.3 Å². The third kappa shape index (κ3) is 4.02. The lowest BCUT2D eigenvalue weighted by Gasteiger charge is -2.36. The maximum atomic E-state index is 13.8. The van der Waals surface area contributed by atoms with Gasteiger partial charge in [0, 0.05) is 17.6 Å². The second kappa shape index (κ2) is 7.61. The van der Waals surface area contributed by atoms with Crippen molar-refractivity contribution >= 4 is 0 Å². The van der Waals surface area contributed by atoms with Crippen molar-refractivity contribution in [3.05, 3.63) is 35.6 Å². The number of benzene rings is 1. The molecule has 19 heavy (non-hydrogen) atoms. The molecule has 2 nitrogen and oxygen atoms in total. The Morgan fingerprint density at radius 3 is 2.42 bits per heavy atom. The van der Waals surface area contributed by atoms with Gasteiger partial charge in [0.1, 0.15) is 5.82 Å². The Kier molecular flexibility index (Phi) is 6.46. The van der Waals surface area contributed by atoms with Crippen molar-refractivity contribution in [3.63, 3.8) is 0 Å². The van der Waals surface area contributed by atoms with Crippen LogP contribution in [-0.4, -0.2) is 29.2 Å². The first-order valence-electron chi connectivity index (χ1n) is 7.17. The number of halogens is 1. The van der Waals surface area contributed by atoms with Crippen molar-refractivity contribution in [2.45, 2.75) is 58.2 Å². The number of likely N-dealkylation sites (N-methyl/N-ethyl adjacent to an activating group) is 1. The van der Waals surface area contributed by atoms with Crippen LogP contribution in [0.2, 0.25) is 0 Å². The summed E-state index contributed by atoms with van der Waals surface area (Å²) in [7, 11) is 1.96. The highest BCUT2D eigenvalue weighted by Gasteiger charge is 2.26. The molecule has 0 heterocycles. The van der Waals surface area contributed by atoms with Crippen LogP contribution >= 0.6 is 0 Å². The average Bonchev–Trinajstić information content (AvgIpc) is 2.39. The number of rotatable bonds is 7. The molecule has 0 radical (unpaired) electrons. The quantitative estimate of drug-likeness (QED) is 0.813. The summed E-state index contributed by atoms with van der Waals surface area (Å²) in [5.41, 5.74) is 0.687. The molecule has 0 bridgehead atoms. The monoisotopic (exact) mass is 267 g/mol. The third-order valence-corrected chi connectivity index (χ3v) is 3.94. The molecule has 3 atom stereocenters. The zero-order valence-electron chi connectivity index (χ0n) is 12.4. The van der Waals surface area contributed by atoms with E-state index in [9.17, 15) is 9.50 Å². The second-order valence-electron chi connectivity index (χ2n) is 5.19. The van der Waals surface area contributed by atoms with Crippen LogP contribution < -0.4 is 0 Å². The largest absolute Gasteiger partial charge is 0.391 e. The minimum absolute atomic E-state index is 0.0438. The first-order valence-corrected chi connectivity index (χ1v) is 7.17. The molecule has 1 N–H and O–H groups in total. The first kappa shape index (κ1) is 16.1. The maximum Gasteiger partial charge on any atom is 0.127 e. The van der Waals surface area contributed by atoms with Gasteiger partial charge in [-0.2, -0.15) is 0 Å². The van der Waals surface area contributed by atoms with Gasteiger partial charge in [-0.3, -0.25) is 4.90 Å². The van der Waals surface area contributed by atoms with Gasteiger partial charge in [0.25, 0.3) is 0 Å². The molecule has 0 aromatic heterocycles. The SMILES string of the molecule is CCCC(O)C(CC)N(C)C(C)c1ccccc1F. The van der Waals surface area contributed by atoms with Crippen molar-refractivity contribution in [1.29, 1.82) is 0 Å². The highest BCUT2D eigenvalue weighted by molar-refractivity contribution is 5.20. The van der Waals surface area contributed by atoms with Crippen LogP contribution in [0.1, 0.15) is 51.6 Å². The van der Waals surface area contributed by atoms with Crippen LogP contribution in [0, 0.1) is 5.82 Å². The molecular weight excluding hydrogens is 241 g/mol. The zero-order valence-corrected chi connectivity index (χ0v) is 12.4. The van der Waals surface area contributed by atoms with E-state index in [0.717, 1.165) is 19.3 Å². The Balaban J connectivity index is 2.85. The highest BCUT2D eigenvalue weighted by Crippen LogP contribution is 2.26. The van der Waals surface area contributed by atoms with Gasteiger partial charge >= 0.3 is 0 Å². The van der Waals surface area contributed by atoms with E-state index in [1.807, 2.05) is 26.1 Å². The summed E-state index contributed by atoms with van der Waals surface area (Å²) in [6.07, 6.45) is 2.25. The fraction of sp³-hybridized carbons (Fsp3) is 0.625. The molecule has 1 aromatic carbocycles. The highest BCUT2D eigenvalue weighted by atomic mass is 19.1. The summed E-state index contributed by atoms with van der Waals surface area (Å²) in [6, 6.07) is 6.88. The summed E-state index contributed by atoms with van der Waals surface area (Å²) in [5, 5.41) is 10.2. The normalized spacial score (nSPS) is 16.4. The Morgan fingerprint density at radius 1 is 1.26 bits per heavy atom. The fourth-order valence-electron chi connectivity index (χ4n) is 2.64. The van der Waals surface area contributed by atoms with E-state index in [1.165, 1.54) is 6.07 Å². The second-order valence-corrected chi connectivity index (χ2v) is 5.19. The van der Waals surface area contributed by atoms with Crippen molar-refractivity contribution in [2.24, 2.45) is 0 Å². The van der Waals surface area contributed by atoms with Crippen molar-refractivity contribution < 1.29 is 9.50 Å². The number of hydrogen-bond acceptors (Lipinski definition) is 2.